The Morgan fingerprint density at radius 1 is 1.45 bits per heavy atom. The summed E-state index contributed by atoms with van der Waals surface area (Å²) in [5.74, 6) is 0.697. The van der Waals surface area contributed by atoms with E-state index >= 15 is 0 Å². The molecule has 1 amide bonds. The smallest absolute Gasteiger partial charge is 0.220 e. The molecule has 0 aliphatic heterocycles. The van der Waals surface area contributed by atoms with Crippen LogP contribution in [0.25, 0.3) is 0 Å². The van der Waals surface area contributed by atoms with Crippen molar-refractivity contribution in [3.63, 3.8) is 0 Å². The minimum atomic E-state index is 0.117. The number of amides is 1. The highest BCUT2D eigenvalue weighted by molar-refractivity contribution is 5.75. The van der Waals surface area contributed by atoms with Crippen LogP contribution in [-0.2, 0) is 18.4 Å². The second-order valence-electron chi connectivity index (χ2n) is 5.43. The quantitative estimate of drug-likeness (QED) is 0.725. The van der Waals surface area contributed by atoms with Crippen LogP contribution in [0.1, 0.15) is 50.3 Å². The molecule has 0 saturated heterocycles. The third-order valence-electron chi connectivity index (χ3n) is 3.86. The Hall–Kier alpha value is -1.36. The average molecular weight is 280 g/mol. The van der Waals surface area contributed by atoms with Gasteiger partial charge >= 0.3 is 0 Å². The zero-order chi connectivity index (χ0) is 15.0. The number of aromatic nitrogens is 2. The summed E-state index contributed by atoms with van der Waals surface area (Å²) < 4.78 is 1.82. The van der Waals surface area contributed by atoms with E-state index in [1.165, 1.54) is 0 Å². The van der Waals surface area contributed by atoms with Gasteiger partial charge in [0.15, 0.2) is 0 Å². The summed E-state index contributed by atoms with van der Waals surface area (Å²) in [6, 6.07) is 0. The van der Waals surface area contributed by atoms with Crippen LogP contribution in [0.3, 0.4) is 0 Å². The maximum absolute atomic E-state index is 11.9. The summed E-state index contributed by atoms with van der Waals surface area (Å²) in [5, 5.41) is 7.14. The van der Waals surface area contributed by atoms with Crippen molar-refractivity contribution in [2.24, 2.45) is 18.7 Å². The number of carbonyl (C=O) groups excluding carboxylic acids is 1. The normalized spacial score (nSPS) is 12.4. The van der Waals surface area contributed by atoms with Gasteiger partial charge in [0.25, 0.3) is 0 Å². The van der Waals surface area contributed by atoms with E-state index in [0.29, 0.717) is 25.4 Å². The first-order valence-corrected chi connectivity index (χ1v) is 7.52. The monoisotopic (exact) mass is 280 g/mol. The lowest BCUT2D eigenvalue weighted by Gasteiger charge is -2.14. The summed E-state index contributed by atoms with van der Waals surface area (Å²) in [6.45, 7) is 5.46. The van der Waals surface area contributed by atoms with Gasteiger partial charge in [0.05, 0.1) is 6.20 Å². The molecule has 1 rings (SSSR count). The number of nitrogens with one attached hydrogen (secondary N) is 1. The summed E-state index contributed by atoms with van der Waals surface area (Å²) in [7, 11) is 1.91. The zero-order valence-electron chi connectivity index (χ0n) is 13.0. The zero-order valence-corrected chi connectivity index (χ0v) is 13.0. The van der Waals surface area contributed by atoms with Crippen LogP contribution in [0.2, 0.25) is 0 Å². The molecule has 20 heavy (non-hydrogen) atoms. The minimum Gasteiger partial charge on any atom is -0.352 e. The standard InChI is InChI=1S/C15H28N4O/c1-4-5-13(8-9-16)6-7-15(20)17-10-14-11-18-19(3)12(14)2/h11,13H,4-10,16H2,1-3H3,(H,17,20). The number of aryl methyl sites for hydroxylation is 1. The molecule has 0 fully saturated rings. The van der Waals surface area contributed by atoms with Gasteiger partial charge in [-0.25, -0.2) is 0 Å². The first kappa shape index (κ1) is 16.7. The van der Waals surface area contributed by atoms with Crippen LogP contribution in [0, 0.1) is 12.8 Å². The van der Waals surface area contributed by atoms with Gasteiger partial charge < -0.3 is 11.1 Å². The first-order valence-electron chi connectivity index (χ1n) is 7.52. The lowest BCUT2D eigenvalue weighted by molar-refractivity contribution is -0.121. The Balaban J connectivity index is 2.31. The minimum absolute atomic E-state index is 0.117. The van der Waals surface area contributed by atoms with E-state index in [-0.39, 0.29) is 5.91 Å². The van der Waals surface area contributed by atoms with Gasteiger partial charge in [-0.2, -0.15) is 5.10 Å². The number of hydrogen-bond acceptors (Lipinski definition) is 3. The van der Waals surface area contributed by atoms with Crippen molar-refractivity contribution in [2.45, 2.75) is 52.5 Å². The van der Waals surface area contributed by atoms with Gasteiger partial charge in [-0.1, -0.05) is 19.8 Å². The molecule has 0 radical (unpaired) electrons. The van der Waals surface area contributed by atoms with Gasteiger partial charge in [0, 0.05) is 31.3 Å². The molecular formula is C15H28N4O. The van der Waals surface area contributed by atoms with Crippen molar-refractivity contribution in [1.29, 1.82) is 0 Å². The fourth-order valence-electron chi connectivity index (χ4n) is 2.41. The first-order chi connectivity index (χ1) is 9.58. The topological polar surface area (TPSA) is 72.9 Å². The summed E-state index contributed by atoms with van der Waals surface area (Å²) >= 11 is 0. The number of nitrogens with two attached hydrogens (primary N) is 1. The van der Waals surface area contributed by atoms with E-state index in [9.17, 15) is 4.79 Å². The van der Waals surface area contributed by atoms with E-state index in [2.05, 4.69) is 17.3 Å². The van der Waals surface area contributed by atoms with Crippen molar-refractivity contribution < 1.29 is 4.79 Å². The fourth-order valence-corrected chi connectivity index (χ4v) is 2.41. The molecule has 0 saturated carbocycles. The highest BCUT2D eigenvalue weighted by Crippen LogP contribution is 2.16. The Kier molecular flexibility index (Phi) is 7.30. The molecular weight excluding hydrogens is 252 g/mol. The summed E-state index contributed by atoms with van der Waals surface area (Å²) in [4.78, 5) is 11.9. The molecule has 1 atom stereocenters. The molecule has 1 unspecified atom stereocenters. The molecule has 0 aromatic carbocycles. The maximum Gasteiger partial charge on any atom is 0.220 e. The van der Waals surface area contributed by atoms with Crippen LogP contribution in [0.15, 0.2) is 6.20 Å². The van der Waals surface area contributed by atoms with Crippen molar-refractivity contribution in [3.8, 4) is 0 Å². The Morgan fingerprint density at radius 3 is 2.75 bits per heavy atom. The molecule has 3 N–H and O–H groups in total. The van der Waals surface area contributed by atoms with Crippen LogP contribution in [0.4, 0.5) is 0 Å². The highest BCUT2D eigenvalue weighted by atomic mass is 16.1. The van der Waals surface area contributed by atoms with Gasteiger partial charge in [-0.3, -0.25) is 9.48 Å². The van der Waals surface area contributed by atoms with Gasteiger partial charge in [0.2, 0.25) is 5.91 Å². The number of rotatable bonds is 9. The van der Waals surface area contributed by atoms with Crippen LogP contribution < -0.4 is 11.1 Å². The fraction of sp³-hybridized carbons (Fsp3) is 0.733. The van der Waals surface area contributed by atoms with Crippen LogP contribution in [0.5, 0.6) is 0 Å². The second-order valence-corrected chi connectivity index (χ2v) is 5.43. The van der Waals surface area contributed by atoms with Crippen molar-refractivity contribution in [1.82, 2.24) is 15.1 Å². The van der Waals surface area contributed by atoms with Gasteiger partial charge in [-0.15, -0.1) is 0 Å². The Bertz CT molecular complexity index is 408. The van der Waals surface area contributed by atoms with Crippen molar-refractivity contribution >= 4 is 5.91 Å². The predicted molar refractivity (Wildman–Crippen MR) is 81.1 cm³/mol. The lowest BCUT2D eigenvalue weighted by atomic mass is 9.94. The third kappa shape index (κ3) is 5.33. The van der Waals surface area contributed by atoms with Crippen molar-refractivity contribution in [2.75, 3.05) is 6.54 Å². The highest BCUT2D eigenvalue weighted by Gasteiger charge is 2.11. The molecule has 5 nitrogen and oxygen atoms in total. The number of carbonyl (C=O) groups is 1. The van der Waals surface area contributed by atoms with Gasteiger partial charge in [-0.05, 0) is 32.2 Å². The predicted octanol–water partition coefficient (Wildman–Crippen LogP) is 1.89. The lowest BCUT2D eigenvalue weighted by Crippen LogP contribution is -2.23. The molecule has 1 heterocycles. The molecule has 0 aliphatic carbocycles. The summed E-state index contributed by atoms with van der Waals surface area (Å²) in [6.07, 6.45) is 6.66. The van der Waals surface area contributed by atoms with Crippen LogP contribution >= 0.6 is 0 Å². The van der Waals surface area contributed by atoms with E-state index < -0.39 is 0 Å². The number of nitrogens with zero attached hydrogens (tertiary/aromatic N) is 2. The molecule has 114 valence electrons. The molecule has 0 aliphatic rings. The Morgan fingerprint density at radius 2 is 2.20 bits per heavy atom. The van der Waals surface area contributed by atoms with E-state index in [0.717, 1.165) is 36.9 Å². The molecule has 1 aromatic rings. The van der Waals surface area contributed by atoms with Crippen molar-refractivity contribution in [3.05, 3.63) is 17.5 Å². The molecule has 0 spiro atoms. The summed E-state index contributed by atoms with van der Waals surface area (Å²) in [5.41, 5.74) is 7.78. The Labute approximate surface area is 121 Å². The van der Waals surface area contributed by atoms with E-state index in [4.69, 9.17) is 5.73 Å². The van der Waals surface area contributed by atoms with E-state index in [1.54, 1.807) is 0 Å². The van der Waals surface area contributed by atoms with Crippen LogP contribution in [-0.4, -0.2) is 22.2 Å². The van der Waals surface area contributed by atoms with E-state index in [1.807, 2.05) is 24.9 Å². The average Bonchev–Trinajstić information content (AvgIpc) is 2.74. The second kappa shape index (κ2) is 8.74. The van der Waals surface area contributed by atoms with Gasteiger partial charge in [0.1, 0.15) is 0 Å². The largest absolute Gasteiger partial charge is 0.352 e. The molecule has 5 heteroatoms. The third-order valence-corrected chi connectivity index (χ3v) is 3.86. The molecule has 1 aromatic heterocycles. The number of hydrogen-bond donors (Lipinski definition) is 2. The maximum atomic E-state index is 11.9. The molecule has 0 bridgehead atoms. The SMILES string of the molecule is CCCC(CCN)CCC(=O)NCc1cnn(C)c1C.